The quantitative estimate of drug-likeness (QED) is 0.818. The maximum absolute atomic E-state index is 12.4. The van der Waals surface area contributed by atoms with Crippen LogP contribution in [0.3, 0.4) is 0 Å². The van der Waals surface area contributed by atoms with Crippen molar-refractivity contribution in [1.29, 1.82) is 0 Å². The van der Waals surface area contributed by atoms with Gasteiger partial charge < -0.3 is 10.4 Å². The molecule has 1 aliphatic rings. The van der Waals surface area contributed by atoms with Crippen LogP contribution in [0, 0.1) is 0 Å². The van der Waals surface area contributed by atoms with Crippen molar-refractivity contribution in [3.05, 3.63) is 53.7 Å². The van der Waals surface area contributed by atoms with Crippen molar-refractivity contribution in [2.24, 2.45) is 0 Å². The maximum Gasteiger partial charge on any atom is 0.335 e. The molecule has 7 nitrogen and oxygen atoms in total. The van der Waals surface area contributed by atoms with Gasteiger partial charge in [0.1, 0.15) is 10.7 Å². The Balaban J connectivity index is 1.63. The van der Waals surface area contributed by atoms with Crippen LogP contribution in [0.4, 0.5) is 5.82 Å². The topological polar surface area (TPSA) is 99.6 Å². The van der Waals surface area contributed by atoms with Crippen LogP contribution >= 0.6 is 0 Å². The molecule has 0 radical (unpaired) electrons. The Bertz CT molecular complexity index is 842. The van der Waals surface area contributed by atoms with E-state index in [1.807, 2.05) is 0 Å². The van der Waals surface area contributed by atoms with Crippen LogP contribution in [0.5, 0.6) is 0 Å². The number of anilines is 1. The molecule has 0 bridgehead atoms. The van der Waals surface area contributed by atoms with Crippen LogP contribution in [0.25, 0.3) is 0 Å². The van der Waals surface area contributed by atoms with E-state index >= 15 is 0 Å². The summed E-state index contributed by atoms with van der Waals surface area (Å²) in [5.41, 5.74) is 1.14. The molecule has 8 heteroatoms. The van der Waals surface area contributed by atoms with E-state index in [2.05, 4.69) is 10.3 Å². The van der Waals surface area contributed by atoms with Crippen LogP contribution in [0.15, 0.2) is 47.5 Å². The van der Waals surface area contributed by atoms with E-state index in [4.69, 9.17) is 5.11 Å². The summed E-state index contributed by atoms with van der Waals surface area (Å²) >= 11 is 0. The van der Waals surface area contributed by atoms with Crippen molar-refractivity contribution >= 4 is 21.8 Å². The molecule has 2 aromatic rings. The van der Waals surface area contributed by atoms with Gasteiger partial charge in [0.2, 0.25) is 10.0 Å². The van der Waals surface area contributed by atoms with Crippen LogP contribution in [0.2, 0.25) is 0 Å². The Morgan fingerprint density at radius 1 is 1.12 bits per heavy atom. The largest absolute Gasteiger partial charge is 0.478 e. The fraction of sp³-hybridized carbons (Fsp3) is 0.294. The normalized spacial score (nSPS) is 15.2. The Morgan fingerprint density at radius 3 is 2.36 bits per heavy atom. The first kappa shape index (κ1) is 17.4. The Kier molecular flexibility index (Phi) is 5.00. The van der Waals surface area contributed by atoms with E-state index in [1.54, 1.807) is 36.4 Å². The molecule has 0 unspecified atom stereocenters. The molecule has 1 aliphatic heterocycles. The van der Waals surface area contributed by atoms with E-state index in [-0.39, 0.29) is 10.5 Å². The first-order valence-electron chi connectivity index (χ1n) is 7.99. The van der Waals surface area contributed by atoms with E-state index in [0.717, 1.165) is 18.4 Å². The summed E-state index contributed by atoms with van der Waals surface area (Å²) < 4.78 is 26.3. The zero-order valence-corrected chi connectivity index (χ0v) is 14.4. The molecule has 1 aromatic heterocycles. The number of carbonyl (C=O) groups is 1. The third-order valence-corrected chi connectivity index (χ3v) is 6.00. The molecule has 0 aliphatic carbocycles. The summed E-state index contributed by atoms with van der Waals surface area (Å²) in [6, 6.07) is 9.72. The number of carboxylic acid groups (broad SMARTS) is 1. The Morgan fingerprint density at radius 2 is 1.80 bits per heavy atom. The van der Waals surface area contributed by atoms with Gasteiger partial charge in [-0.3, -0.25) is 0 Å². The van der Waals surface area contributed by atoms with Crippen LogP contribution in [0.1, 0.15) is 28.8 Å². The summed E-state index contributed by atoms with van der Waals surface area (Å²) in [7, 11) is -3.45. The number of aromatic carboxylic acids is 1. The third-order valence-electron chi connectivity index (χ3n) is 4.11. The molecule has 3 rings (SSSR count). The minimum absolute atomic E-state index is 0.200. The zero-order valence-electron chi connectivity index (χ0n) is 13.6. The summed E-state index contributed by atoms with van der Waals surface area (Å²) in [5, 5.41) is 12.0. The van der Waals surface area contributed by atoms with Gasteiger partial charge in [0.25, 0.3) is 0 Å². The second kappa shape index (κ2) is 7.20. The van der Waals surface area contributed by atoms with Gasteiger partial charge in [0.05, 0.1) is 5.56 Å². The lowest BCUT2D eigenvalue weighted by Crippen LogP contribution is -2.27. The van der Waals surface area contributed by atoms with Crippen LogP contribution in [-0.2, 0) is 16.6 Å². The lowest BCUT2D eigenvalue weighted by Gasteiger charge is -2.15. The first-order chi connectivity index (χ1) is 12.0. The van der Waals surface area contributed by atoms with E-state index in [1.165, 1.54) is 10.5 Å². The second-order valence-corrected chi connectivity index (χ2v) is 7.78. The number of pyridine rings is 1. The number of rotatable bonds is 6. The maximum atomic E-state index is 12.4. The monoisotopic (exact) mass is 361 g/mol. The number of sulfonamides is 1. The number of benzene rings is 1. The van der Waals surface area contributed by atoms with Crippen molar-refractivity contribution in [3.8, 4) is 0 Å². The number of nitrogens with one attached hydrogen (secondary N) is 1. The van der Waals surface area contributed by atoms with Gasteiger partial charge >= 0.3 is 5.97 Å². The molecule has 2 N–H and O–H groups in total. The molecule has 25 heavy (non-hydrogen) atoms. The van der Waals surface area contributed by atoms with Crippen LogP contribution < -0.4 is 5.32 Å². The minimum atomic E-state index is -3.45. The lowest BCUT2D eigenvalue weighted by molar-refractivity contribution is 0.0697. The van der Waals surface area contributed by atoms with Crippen molar-refractivity contribution in [2.45, 2.75) is 24.3 Å². The second-order valence-electron chi connectivity index (χ2n) is 5.85. The van der Waals surface area contributed by atoms with Gasteiger partial charge in [-0.05, 0) is 42.7 Å². The number of hydrogen-bond acceptors (Lipinski definition) is 5. The van der Waals surface area contributed by atoms with Gasteiger partial charge in [-0.25, -0.2) is 18.2 Å². The molecule has 132 valence electrons. The lowest BCUT2D eigenvalue weighted by atomic mass is 10.1. The van der Waals surface area contributed by atoms with Gasteiger partial charge in [-0.1, -0.05) is 12.1 Å². The SMILES string of the molecule is O=C(O)c1ccc(CNc2ccc(S(=O)(=O)N3CCCC3)cn2)cc1. The van der Waals surface area contributed by atoms with Crippen molar-refractivity contribution in [1.82, 2.24) is 9.29 Å². The molecule has 1 saturated heterocycles. The Hall–Kier alpha value is -2.45. The molecule has 0 spiro atoms. The predicted molar refractivity (Wildman–Crippen MR) is 93.0 cm³/mol. The standard InChI is InChI=1S/C17H19N3O4S/c21-17(22)14-5-3-13(4-6-14)11-18-16-8-7-15(12-19-16)25(23,24)20-9-1-2-10-20/h3-8,12H,1-2,9-11H2,(H,18,19)(H,21,22). The summed E-state index contributed by atoms with van der Waals surface area (Å²) in [5.74, 6) is -0.404. The molecule has 0 atom stereocenters. The molecule has 0 amide bonds. The zero-order chi connectivity index (χ0) is 17.9. The van der Waals surface area contributed by atoms with Gasteiger partial charge in [-0.2, -0.15) is 4.31 Å². The highest BCUT2D eigenvalue weighted by Gasteiger charge is 2.27. The van der Waals surface area contributed by atoms with Gasteiger partial charge in [0, 0.05) is 25.8 Å². The van der Waals surface area contributed by atoms with E-state index in [0.29, 0.717) is 25.5 Å². The van der Waals surface area contributed by atoms with E-state index < -0.39 is 16.0 Å². The molecule has 1 aromatic carbocycles. The summed E-state index contributed by atoms with van der Waals surface area (Å²) in [4.78, 5) is 15.2. The highest BCUT2D eigenvalue weighted by atomic mass is 32.2. The highest BCUT2D eigenvalue weighted by molar-refractivity contribution is 7.89. The average molecular weight is 361 g/mol. The number of aromatic nitrogens is 1. The highest BCUT2D eigenvalue weighted by Crippen LogP contribution is 2.21. The number of hydrogen-bond donors (Lipinski definition) is 2. The predicted octanol–water partition coefficient (Wildman–Crippen LogP) is 2.18. The molecular formula is C17H19N3O4S. The summed E-state index contributed by atoms with van der Waals surface area (Å²) in [6.45, 7) is 1.59. The molecule has 0 saturated carbocycles. The van der Waals surface area contributed by atoms with Gasteiger partial charge in [0.15, 0.2) is 0 Å². The van der Waals surface area contributed by atoms with E-state index in [9.17, 15) is 13.2 Å². The number of nitrogens with zero attached hydrogens (tertiary/aromatic N) is 2. The fourth-order valence-electron chi connectivity index (χ4n) is 2.67. The summed E-state index contributed by atoms with van der Waals surface area (Å²) in [6.07, 6.45) is 3.16. The first-order valence-corrected chi connectivity index (χ1v) is 9.43. The molecule has 2 heterocycles. The van der Waals surface area contributed by atoms with Gasteiger partial charge in [-0.15, -0.1) is 0 Å². The number of carboxylic acids is 1. The smallest absolute Gasteiger partial charge is 0.335 e. The van der Waals surface area contributed by atoms with Crippen molar-refractivity contribution in [3.63, 3.8) is 0 Å². The average Bonchev–Trinajstić information content (AvgIpc) is 3.16. The van der Waals surface area contributed by atoms with Crippen molar-refractivity contribution in [2.75, 3.05) is 18.4 Å². The molecular weight excluding hydrogens is 342 g/mol. The van der Waals surface area contributed by atoms with Crippen molar-refractivity contribution < 1.29 is 18.3 Å². The molecule has 1 fully saturated rings. The van der Waals surface area contributed by atoms with Crippen LogP contribution in [-0.4, -0.2) is 41.9 Å². The minimum Gasteiger partial charge on any atom is -0.478 e. The Labute approximate surface area is 146 Å². The fourth-order valence-corrected chi connectivity index (χ4v) is 4.14. The third kappa shape index (κ3) is 3.97.